The highest BCUT2D eigenvalue weighted by Crippen LogP contribution is 2.33. The lowest BCUT2D eigenvalue weighted by atomic mass is 10.1. The van der Waals surface area contributed by atoms with E-state index in [1.807, 2.05) is 12.1 Å². The summed E-state index contributed by atoms with van der Waals surface area (Å²) in [7, 11) is 0. The van der Waals surface area contributed by atoms with Gasteiger partial charge in [-0.1, -0.05) is 24.3 Å². The Bertz CT molecular complexity index is 864. The number of hydrogen-bond donors (Lipinski definition) is 2. The van der Waals surface area contributed by atoms with E-state index in [4.69, 9.17) is 10.5 Å². The second-order valence-electron chi connectivity index (χ2n) is 6.36. The van der Waals surface area contributed by atoms with Crippen molar-refractivity contribution >= 4 is 29.1 Å². The Hall–Kier alpha value is -3.35. The molecule has 2 aromatic rings. The van der Waals surface area contributed by atoms with E-state index in [1.165, 1.54) is 0 Å². The molecule has 0 aromatic heterocycles. The fourth-order valence-electron chi connectivity index (χ4n) is 2.93. The lowest BCUT2D eigenvalue weighted by Crippen LogP contribution is -2.45. The third-order valence-electron chi connectivity index (χ3n) is 4.25. The van der Waals surface area contributed by atoms with Crippen LogP contribution in [0.1, 0.15) is 18.9 Å². The molecule has 7 nitrogen and oxygen atoms in total. The maximum Gasteiger partial charge on any atom is 0.267 e. The summed E-state index contributed by atoms with van der Waals surface area (Å²) in [5.41, 5.74) is 7.23. The maximum atomic E-state index is 12.4. The van der Waals surface area contributed by atoms with Crippen molar-refractivity contribution in [3.63, 3.8) is 0 Å². The lowest BCUT2D eigenvalue weighted by molar-refractivity contribution is -0.125. The van der Waals surface area contributed by atoms with E-state index in [2.05, 4.69) is 5.32 Å². The Morgan fingerprint density at radius 2 is 1.85 bits per heavy atom. The summed E-state index contributed by atoms with van der Waals surface area (Å²) in [4.78, 5) is 37.2. The van der Waals surface area contributed by atoms with Gasteiger partial charge in [-0.05, 0) is 36.8 Å². The van der Waals surface area contributed by atoms with Crippen LogP contribution in [-0.2, 0) is 20.8 Å². The molecule has 7 heteroatoms. The van der Waals surface area contributed by atoms with Crippen molar-refractivity contribution < 1.29 is 19.1 Å². The van der Waals surface area contributed by atoms with Crippen molar-refractivity contribution in [3.05, 3.63) is 54.1 Å². The van der Waals surface area contributed by atoms with Crippen LogP contribution in [0.15, 0.2) is 48.5 Å². The van der Waals surface area contributed by atoms with Gasteiger partial charge < -0.3 is 20.7 Å². The van der Waals surface area contributed by atoms with Crippen LogP contribution in [0.2, 0.25) is 0 Å². The number of anilines is 2. The van der Waals surface area contributed by atoms with Crippen LogP contribution in [0, 0.1) is 0 Å². The van der Waals surface area contributed by atoms with Gasteiger partial charge in [0.25, 0.3) is 5.91 Å². The standard InChI is InChI=1S/C20H21N3O4/c1-13-20(26)23(16-4-2-3-5-17(16)27-13)11-10-19(25)22-15-8-6-14(7-9-15)12-18(21)24/h2-9,13H,10-12H2,1H3,(H2,21,24)(H,22,25). The monoisotopic (exact) mass is 367 g/mol. The summed E-state index contributed by atoms with van der Waals surface area (Å²) in [6.07, 6.45) is -0.276. The molecule has 1 aliphatic rings. The molecule has 2 aromatic carbocycles. The van der Waals surface area contributed by atoms with Gasteiger partial charge in [0.2, 0.25) is 11.8 Å². The molecule has 0 saturated carbocycles. The van der Waals surface area contributed by atoms with Crippen molar-refractivity contribution in [2.75, 3.05) is 16.8 Å². The number of hydrogen-bond acceptors (Lipinski definition) is 4. The van der Waals surface area contributed by atoms with Crippen molar-refractivity contribution in [1.29, 1.82) is 0 Å². The molecule has 140 valence electrons. The summed E-state index contributed by atoms with van der Waals surface area (Å²) < 4.78 is 5.59. The minimum atomic E-state index is -0.583. The van der Waals surface area contributed by atoms with Gasteiger partial charge in [0.05, 0.1) is 12.1 Å². The number of carbonyl (C=O) groups is 3. The van der Waals surface area contributed by atoms with Gasteiger partial charge in [-0.2, -0.15) is 0 Å². The number of ether oxygens (including phenoxy) is 1. The molecule has 1 atom stereocenters. The van der Waals surface area contributed by atoms with E-state index >= 15 is 0 Å². The predicted octanol–water partition coefficient (Wildman–Crippen LogP) is 1.86. The molecular formula is C20H21N3O4. The van der Waals surface area contributed by atoms with Gasteiger partial charge in [-0.15, -0.1) is 0 Å². The van der Waals surface area contributed by atoms with Crippen LogP contribution in [0.5, 0.6) is 5.75 Å². The summed E-state index contributed by atoms with van der Waals surface area (Å²) >= 11 is 0. The Morgan fingerprint density at radius 1 is 1.15 bits per heavy atom. The number of rotatable bonds is 6. The van der Waals surface area contributed by atoms with Gasteiger partial charge in [0.15, 0.2) is 6.10 Å². The lowest BCUT2D eigenvalue weighted by Gasteiger charge is -2.32. The molecule has 0 spiro atoms. The van der Waals surface area contributed by atoms with Crippen molar-refractivity contribution in [3.8, 4) is 5.75 Å². The molecule has 1 unspecified atom stereocenters. The fraction of sp³-hybridized carbons (Fsp3) is 0.250. The van der Waals surface area contributed by atoms with Crippen LogP contribution in [0.25, 0.3) is 0 Å². The number of carbonyl (C=O) groups excluding carboxylic acids is 3. The summed E-state index contributed by atoms with van der Waals surface area (Å²) in [5.74, 6) is -0.147. The molecule has 1 aliphatic heterocycles. The summed E-state index contributed by atoms with van der Waals surface area (Å²) in [6.45, 7) is 1.95. The van der Waals surface area contributed by atoms with Crippen molar-refractivity contribution in [2.45, 2.75) is 25.9 Å². The molecule has 3 N–H and O–H groups in total. The molecular weight excluding hydrogens is 346 g/mol. The molecule has 0 aliphatic carbocycles. The highest BCUT2D eigenvalue weighted by Gasteiger charge is 2.31. The number of amides is 3. The first-order valence-electron chi connectivity index (χ1n) is 8.68. The van der Waals surface area contributed by atoms with Gasteiger partial charge in [0, 0.05) is 18.7 Å². The number of benzene rings is 2. The zero-order valence-corrected chi connectivity index (χ0v) is 15.0. The zero-order valence-electron chi connectivity index (χ0n) is 15.0. The van der Waals surface area contributed by atoms with E-state index in [9.17, 15) is 14.4 Å². The molecule has 0 saturated heterocycles. The highest BCUT2D eigenvalue weighted by atomic mass is 16.5. The summed E-state index contributed by atoms with van der Waals surface area (Å²) in [5, 5.41) is 2.79. The molecule has 1 heterocycles. The number of primary amides is 1. The second kappa shape index (κ2) is 7.90. The third kappa shape index (κ3) is 4.44. The van der Waals surface area contributed by atoms with E-state index < -0.39 is 12.0 Å². The predicted molar refractivity (Wildman–Crippen MR) is 101 cm³/mol. The number of nitrogens with two attached hydrogens (primary N) is 1. The first-order chi connectivity index (χ1) is 12.9. The van der Waals surface area contributed by atoms with Gasteiger partial charge in [0.1, 0.15) is 5.75 Å². The van der Waals surface area contributed by atoms with Crippen LogP contribution in [-0.4, -0.2) is 30.4 Å². The van der Waals surface area contributed by atoms with Crippen LogP contribution < -0.4 is 20.7 Å². The summed E-state index contributed by atoms with van der Waals surface area (Å²) in [6, 6.07) is 14.2. The maximum absolute atomic E-state index is 12.4. The van der Waals surface area contributed by atoms with Crippen LogP contribution in [0.3, 0.4) is 0 Å². The fourth-order valence-corrected chi connectivity index (χ4v) is 2.93. The van der Waals surface area contributed by atoms with E-state index in [0.717, 1.165) is 5.56 Å². The number of nitrogens with one attached hydrogen (secondary N) is 1. The Kier molecular flexibility index (Phi) is 5.40. The van der Waals surface area contributed by atoms with Crippen LogP contribution in [0.4, 0.5) is 11.4 Å². The Labute approximate surface area is 157 Å². The number of fused-ring (bicyclic) bond motifs is 1. The molecule has 0 radical (unpaired) electrons. The average molecular weight is 367 g/mol. The molecule has 27 heavy (non-hydrogen) atoms. The molecule has 3 rings (SSSR count). The van der Waals surface area contributed by atoms with Gasteiger partial charge in [-0.3, -0.25) is 14.4 Å². The quantitative estimate of drug-likeness (QED) is 0.813. The minimum Gasteiger partial charge on any atom is -0.479 e. The zero-order chi connectivity index (χ0) is 19.4. The van der Waals surface area contributed by atoms with Crippen molar-refractivity contribution in [1.82, 2.24) is 0 Å². The average Bonchev–Trinajstić information content (AvgIpc) is 2.63. The SMILES string of the molecule is CC1Oc2ccccc2N(CCC(=O)Nc2ccc(CC(N)=O)cc2)C1=O. The largest absolute Gasteiger partial charge is 0.479 e. The molecule has 0 bridgehead atoms. The van der Waals surface area contributed by atoms with E-state index in [1.54, 1.807) is 48.2 Å². The normalized spacial score (nSPS) is 15.7. The first kappa shape index (κ1) is 18.4. The van der Waals surface area contributed by atoms with Gasteiger partial charge in [-0.25, -0.2) is 0 Å². The molecule has 0 fully saturated rings. The Balaban J connectivity index is 1.60. The Morgan fingerprint density at radius 3 is 2.56 bits per heavy atom. The van der Waals surface area contributed by atoms with E-state index in [-0.39, 0.29) is 31.2 Å². The first-order valence-corrected chi connectivity index (χ1v) is 8.68. The van der Waals surface area contributed by atoms with Crippen LogP contribution >= 0.6 is 0 Å². The highest BCUT2D eigenvalue weighted by molar-refractivity contribution is 6.00. The smallest absolute Gasteiger partial charge is 0.267 e. The second-order valence-corrected chi connectivity index (χ2v) is 6.36. The topological polar surface area (TPSA) is 102 Å². The number of nitrogens with zero attached hydrogens (tertiary/aromatic N) is 1. The minimum absolute atomic E-state index is 0.149. The van der Waals surface area contributed by atoms with E-state index in [0.29, 0.717) is 17.1 Å². The third-order valence-corrected chi connectivity index (χ3v) is 4.25. The number of para-hydroxylation sites is 2. The van der Waals surface area contributed by atoms with Crippen molar-refractivity contribution in [2.24, 2.45) is 5.73 Å². The molecule has 3 amide bonds. The van der Waals surface area contributed by atoms with Gasteiger partial charge >= 0.3 is 0 Å².